The first-order chi connectivity index (χ1) is 7.56. The second-order valence-corrected chi connectivity index (χ2v) is 5.26. The molecule has 16 heavy (non-hydrogen) atoms. The zero-order valence-electron chi connectivity index (χ0n) is 8.95. The molecule has 0 aliphatic heterocycles. The van der Waals surface area contributed by atoms with E-state index in [0.717, 1.165) is 26.5 Å². The van der Waals surface area contributed by atoms with Gasteiger partial charge < -0.3 is 10.2 Å². The van der Waals surface area contributed by atoms with Crippen molar-refractivity contribution < 1.29 is 4.42 Å². The molecular weight excluding hydrogens is 288 g/mol. The maximum Gasteiger partial charge on any atom is 0.261 e. The van der Waals surface area contributed by atoms with E-state index in [9.17, 15) is 0 Å². The van der Waals surface area contributed by atoms with Gasteiger partial charge in [-0.1, -0.05) is 0 Å². The van der Waals surface area contributed by atoms with E-state index in [1.807, 2.05) is 32.0 Å². The number of nitrogen functional groups attached to an aromatic ring is 1. The molecule has 1 aromatic heterocycles. The first-order valence-corrected chi connectivity index (χ1v) is 6.34. The summed E-state index contributed by atoms with van der Waals surface area (Å²) in [5.74, 6) is 0.856. The molecule has 84 valence electrons. The normalized spacial score (nSPS) is 10.7. The van der Waals surface area contributed by atoms with Gasteiger partial charge in [0.25, 0.3) is 5.22 Å². The van der Waals surface area contributed by atoms with E-state index in [1.54, 1.807) is 0 Å². The standard InChI is InChI=1S/C11H11BrN2OS/c1-6-7(2)15-11(14-6)16-10-4-3-8(13)5-9(10)12/h3-5H,13H2,1-2H3. The SMILES string of the molecule is Cc1nc(Sc2ccc(N)cc2Br)oc1C. The Morgan fingerprint density at radius 1 is 1.38 bits per heavy atom. The Hall–Kier alpha value is -0.940. The molecule has 1 heterocycles. The van der Waals surface area contributed by atoms with Gasteiger partial charge in [0.05, 0.1) is 5.69 Å². The minimum Gasteiger partial charge on any atom is -0.436 e. The number of aromatic nitrogens is 1. The molecule has 0 aliphatic rings. The number of nitrogens with zero attached hydrogens (tertiary/aromatic N) is 1. The van der Waals surface area contributed by atoms with E-state index in [1.165, 1.54) is 11.8 Å². The lowest BCUT2D eigenvalue weighted by atomic mass is 10.3. The van der Waals surface area contributed by atoms with Gasteiger partial charge in [-0.05, 0) is 59.7 Å². The minimum atomic E-state index is 0.653. The molecule has 0 amide bonds. The molecule has 0 atom stereocenters. The van der Waals surface area contributed by atoms with Gasteiger partial charge in [-0.15, -0.1) is 0 Å². The van der Waals surface area contributed by atoms with Crippen LogP contribution in [-0.2, 0) is 0 Å². The van der Waals surface area contributed by atoms with Gasteiger partial charge in [0.2, 0.25) is 0 Å². The highest BCUT2D eigenvalue weighted by Crippen LogP contribution is 2.34. The van der Waals surface area contributed by atoms with Crippen LogP contribution in [0.2, 0.25) is 0 Å². The summed E-state index contributed by atoms with van der Waals surface area (Å²) in [5.41, 5.74) is 7.33. The van der Waals surface area contributed by atoms with Crippen LogP contribution in [0, 0.1) is 13.8 Å². The third kappa shape index (κ3) is 2.41. The smallest absolute Gasteiger partial charge is 0.261 e. The fraction of sp³-hybridized carbons (Fsp3) is 0.182. The Balaban J connectivity index is 2.27. The van der Waals surface area contributed by atoms with E-state index in [2.05, 4.69) is 20.9 Å². The minimum absolute atomic E-state index is 0.653. The van der Waals surface area contributed by atoms with Crippen LogP contribution in [0.25, 0.3) is 0 Å². The van der Waals surface area contributed by atoms with Crippen molar-refractivity contribution in [2.24, 2.45) is 0 Å². The van der Waals surface area contributed by atoms with Gasteiger partial charge in [0.1, 0.15) is 5.76 Å². The van der Waals surface area contributed by atoms with Crippen molar-refractivity contribution in [1.82, 2.24) is 4.98 Å². The summed E-state index contributed by atoms with van der Waals surface area (Å²) in [6.07, 6.45) is 0. The van der Waals surface area contributed by atoms with Gasteiger partial charge >= 0.3 is 0 Å². The number of nitrogens with two attached hydrogens (primary N) is 1. The summed E-state index contributed by atoms with van der Waals surface area (Å²) < 4.78 is 6.45. The zero-order chi connectivity index (χ0) is 11.7. The first kappa shape index (κ1) is 11.5. The van der Waals surface area contributed by atoms with Gasteiger partial charge in [0.15, 0.2) is 0 Å². The molecule has 0 radical (unpaired) electrons. The highest BCUT2D eigenvalue weighted by molar-refractivity contribution is 9.10. The maximum absolute atomic E-state index is 5.67. The predicted molar refractivity (Wildman–Crippen MR) is 68.7 cm³/mol. The summed E-state index contributed by atoms with van der Waals surface area (Å²) in [5, 5.41) is 0.653. The molecule has 0 aliphatic carbocycles. The number of aryl methyl sites for hydroxylation is 2. The third-order valence-corrected chi connectivity index (χ3v) is 4.01. The molecule has 0 saturated carbocycles. The lowest BCUT2D eigenvalue weighted by Crippen LogP contribution is -1.84. The summed E-state index contributed by atoms with van der Waals surface area (Å²) in [6.45, 7) is 3.84. The van der Waals surface area contributed by atoms with Crippen LogP contribution in [-0.4, -0.2) is 4.98 Å². The Morgan fingerprint density at radius 3 is 2.69 bits per heavy atom. The fourth-order valence-corrected chi connectivity index (χ4v) is 2.65. The molecule has 0 fully saturated rings. The molecule has 0 unspecified atom stereocenters. The average Bonchev–Trinajstić information content (AvgIpc) is 2.51. The molecular formula is C11H11BrN2OS. The highest BCUT2D eigenvalue weighted by Gasteiger charge is 2.09. The van der Waals surface area contributed by atoms with Crippen LogP contribution < -0.4 is 5.73 Å². The van der Waals surface area contributed by atoms with Crippen molar-refractivity contribution in [2.45, 2.75) is 24.0 Å². The van der Waals surface area contributed by atoms with E-state index < -0.39 is 0 Å². The molecule has 2 rings (SSSR count). The molecule has 1 aromatic carbocycles. The van der Waals surface area contributed by atoms with Crippen LogP contribution in [0.5, 0.6) is 0 Å². The van der Waals surface area contributed by atoms with Crippen molar-refractivity contribution in [3.05, 3.63) is 34.1 Å². The zero-order valence-corrected chi connectivity index (χ0v) is 11.4. The quantitative estimate of drug-likeness (QED) is 0.857. The molecule has 2 aromatic rings. The Morgan fingerprint density at radius 2 is 2.12 bits per heavy atom. The lowest BCUT2D eigenvalue weighted by molar-refractivity contribution is 0.431. The Bertz CT molecular complexity index is 505. The predicted octanol–water partition coefficient (Wildman–Crippen LogP) is 3.79. The summed E-state index contributed by atoms with van der Waals surface area (Å²) in [4.78, 5) is 5.35. The summed E-state index contributed by atoms with van der Waals surface area (Å²) in [7, 11) is 0. The summed E-state index contributed by atoms with van der Waals surface area (Å²) in [6, 6.07) is 5.67. The molecule has 5 heteroatoms. The van der Waals surface area contributed by atoms with E-state index in [-0.39, 0.29) is 0 Å². The van der Waals surface area contributed by atoms with Crippen LogP contribution >= 0.6 is 27.7 Å². The molecule has 2 N–H and O–H groups in total. The van der Waals surface area contributed by atoms with Crippen molar-refractivity contribution >= 4 is 33.4 Å². The number of rotatable bonds is 2. The topological polar surface area (TPSA) is 52.0 Å². The summed E-state index contributed by atoms with van der Waals surface area (Å²) >= 11 is 4.94. The molecule has 0 spiro atoms. The first-order valence-electron chi connectivity index (χ1n) is 4.73. The lowest BCUT2D eigenvalue weighted by Gasteiger charge is -2.01. The largest absolute Gasteiger partial charge is 0.436 e. The van der Waals surface area contributed by atoms with E-state index in [0.29, 0.717) is 5.22 Å². The fourth-order valence-electron chi connectivity index (χ4n) is 1.18. The van der Waals surface area contributed by atoms with Crippen LogP contribution in [0.15, 0.2) is 37.2 Å². The second-order valence-electron chi connectivity index (χ2n) is 3.41. The number of hydrogen-bond acceptors (Lipinski definition) is 4. The van der Waals surface area contributed by atoms with Crippen LogP contribution in [0.4, 0.5) is 5.69 Å². The average molecular weight is 299 g/mol. The van der Waals surface area contributed by atoms with Crippen molar-refractivity contribution in [3.8, 4) is 0 Å². The van der Waals surface area contributed by atoms with Gasteiger partial charge in [-0.2, -0.15) is 0 Å². The molecule has 0 saturated heterocycles. The molecule has 0 bridgehead atoms. The Kier molecular flexibility index (Phi) is 3.25. The van der Waals surface area contributed by atoms with E-state index >= 15 is 0 Å². The molecule has 3 nitrogen and oxygen atoms in total. The van der Waals surface area contributed by atoms with Crippen molar-refractivity contribution in [3.63, 3.8) is 0 Å². The van der Waals surface area contributed by atoms with Crippen LogP contribution in [0.1, 0.15) is 11.5 Å². The number of anilines is 1. The second kappa shape index (κ2) is 4.51. The third-order valence-electron chi connectivity index (χ3n) is 2.16. The number of halogens is 1. The number of hydrogen-bond donors (Lipinski definition) is 1. The van der Waals surface area contributed by atoms with Crippen molar-refractivity contribution in [2.75, 3.05) is 5.73 Å². The highest BCUT2D eigenvalue weighted by atomic mass is 79.9. The number of benzene rings is 1. The monoisotopic (exact) mass is 298 g/mol. The van der Waals surface area contributed by atoms with Crippen LogP contribution in [0.3, 0.4) is 0 Å². The van der Waals surface area contributed by atoms with Gasteiger partial charge in [0, 0.05) is 15.1 Å². The maximum atomic E-state index is 5.67. The van der Waals surface area contributed by atoms with Gasteiger partial charge in [-0.25, -0.2) is 4.98 Å². The number of oxazole rings is 1. The van der Waals surface area contributed by atoms with E-state index in [4.69, 9.17) is 10.2 Å². The van der Waals surface area contributed by atoms with Crippen molar-refractivity contribution in [1.29, 1.82) is 0 Å². The van der Waals surface area contributed by atoms with Gasteiger partial charge in [-0.3, -0.25) is 0 Å². The Labute approximate surface area is 107 Å².